The van der Waals surface area contributed by atoms with Gasteiger partial charge in [-0.15, -0.1) is 0 Å². The van der Waals surface area contributed by atoms with Gasteiger partial charge < -0.3 is 15.7 Å². The van der Waals surface area contributed by atoms with Gasteiger partial charge in [-0.05, 0) is 31.0 Å². The van der Waals surface area contributed by atoms with Gasteiger partial charge in [-0.3, -0.25) is 4.79 Å². The first-order chi connectivity index (χ1) is 10.2. The summed E-state index contributed by atoms with van der Waals surface area (Å²) in [5.74, 6) is -0.886. The number of hydrogen-bond acceptors (Lipinski definition) is 4. The van der Waals surface area contributed by atoms with Crippen LogP contribution in [0.15, 0.2) is 18.2 Å². The molecule has 0 bridgehead atoms. The summed E-state index contributed by atoms with van der Waals surface area (Å²) in [6.45, 7) is 0.262. The van der Waals surface area contributed by atoms with Crippen LogP contribution in [0.4, 0.5) is 18.9 Å². The van der Waals surface area contributed by atoms with Crippen molar-refractivity contribution in [1.29, 1.82) is 5.26 Å². The molecule has 1 aliphatic rings. The lowest BCUT2D eigenvalue weighted by atomic mass is 9.91. The summed E-state index contributed by atoms with van der Waals surface area (Å²) in [7, 11) is 0. The molecule has 0 unspecified atom stereocenters. The zero-order chi connectivity index (χ0) is 16.5. The van der Waals surface area contributed by atoms with Crippen LogP contribution in [0.3, 0.4) is 0 Å². The Labute approximate surface area is 124 Å². The number of carbonyl (C=O) groups excluding carboxylic acids is 1. The Kier molecular flexibility index (Phi) is 4.02. The average molecular weight is 313 g/mol. The van der Waals surface area contributed by atoms with Gasteiger partial charge in [-0.25, -0.2) is 0 Å². The molecule has 1 atom stereocenters. The predicted octanol–water partition coefficient (Wildman–Crippen LogP) is 1.39. The maximum Gasteiger partial charge on any atom is 0.416 e. The third kappa shape index (κ3) is 2.99. The molecule has 1 aromatic rings. The number of primary amides is 1. The lowest BCUT2D eigenvalue weighted by molar-refractivity contribution is -0.137. The number of nitriles is 1. The number of anilines is 1. The first kappa shape index (κ1) is 16.1. The molecule has 1 fully saturated rings. The van der Waals surface area contributed by atoms with Crippen LogP contribution in [0.25, 0.3) is 0 Å². The average Bonchev–Trinajstić information content (AvgIpc) is 2.45. The van der Waals surface area contributed by atoms with Crippen LogP contribution in [0.2, 0.25) is 0 Å². The Morgan fingerprint density at radius 2 is 2.14 bits per heavy atom. The SMILES string of the molecule is N#Cc1cc(C(F)(F)F)ccc1N1CCC[C@@](O)(C(N)=O)C1. The summed E-state index contributed by atoms with van der Waals surface area (Å²) >= 11 is 0. The van der Waals surface area contributed by atoms with Crippen LogP contribution in [0, 0.1) is 11.3 Å². The molecule has 22 heavy (non-hydrogen) atoms. The molecular formula is C14H14F3N3O2. The van der Waals surface area contributed by atoms with Gasteiger partial charge >= 0.3 is 6.18 Å². The molecule has 0 radical (unpaired) electrons. The second-order valence-electron chi connectivity index (χ2n) is 5.26. The molecule has 8 heteroatoms. The zero-order valence-corrected chi connectivity index (χ0v) is 11.5. The Morgan fingerprint density at radius 3 is 2.68 bits per heavy atom. The molecule has 1 aliphatic heterocycles. The number of aliphatic hydroxyl groups is 1. The van der Waals surface area contributed by atoms with E-state index in [-0.39, 0.29) is 24.2 Å². The third-order valence-electron chi connectivity index (χ3n) is 3.71. The van der Waals surface area contributed by atoms with Gasteiger partial charge in [0.05, 0.1) is 23.4 Å². The lowest BCUT2D eigenvalue weighted by Crippen LogP contribution is -2.56. The van der Waals surface area contributed by atoms with E-state index in [4.69, 9.17) is 11.0 Å². The zero-order valence-electron chi connectivity index (χ0n) is 11.5. The molecule has 1 saturated heterocycles. The van der Waals surface area contributed by atoms with Crippen molar-refractivity contribution in [3.8, 4) is 6.07 Å². The molecule has 0 spiro atoms. The fourth-order valence-corrected chi connectivity index (χ4v) is 2.52. The van der Waals surface area contributed by atoms with Crippen LogP contribution >= 0.6 is 0 Å². The van der Waals surface area contributed by atoms with Crippen LogP contribution in [0.5, 0.6) is 0 Å². The van der Waals surface area contributed by atoms with Gasteiger partial charge in [0.15, 0.2) is 5.60 Å². The molecule has 0 saturated carbocycles. The molecular weight excluding hydrogens is 299 g/mol. The van der Waals surface area contributed by atoms with Crippen LogP contribution in [-0.4, -0.2) is 29.7 Å². The number of benzene rings is 1. The van der Waals surface area contributed by atoms with E-state index in [2.05, 4.69) is 0 Å². The van der Waals surface area contributed by atoms with E-state index in [1.54, 1.807) is 6.07 Å². The largest absolute Gasteiger partial charge is 0.416 e. The highest BCUT2D eigenvalue weighted by Gasteiger charge is 2.39. The van der Waals surface area contributed by atoms with Crippen molar-refractivity contribution in [1.82, 2.24) is 0 Å². The van der Waals surface area contributed by atoms with Gasteiger partial charge in [0.1, 0.15) is 6.07 Å². The summed E-state index contributed by atoms with van der Waals surface area (Å²) < 4.78 is 38.0. The number of halogens is 3. The van der Waals surface area contributed by atoms with Gasteiger partial charge in [-0.1, -0.05) is 0 Å². The maximum atomic E-state index is 12.7. The van der Waals surface area contributed by atoms with Gasteiger partial charge in [0.25, 0.3) is 5.91 Å². The fourth-order valence-electron chi connectivity index (χ4n) is 2.52. The van der Waals surface area contributed by atoms with Crippen molar-refractivity contribution < 1.29 is 23.1 Å². The number of rotatable bonds is 2. The second kappa shape index (κ2) is 5.50. The van der Waals surface area contributed by atoms with E-state index in [1.165, 1.54) is 11.0 Å². The quantitative estimate of drug-likeness (QED) is 0.863. The lowest BCUT2D eigenvalue weighted by Gasteiger charge is -2.38. The molecule has 0 aromatic heterocycles. The first-order valence-corrected chi connectivity index (χ1v) is 6.56. The molecule has 0 aliphatic carbocycles. The first-order valence-electron chi connectivity index (χ1n) is 6.56. The Hall–Kier alpha value is -2.27. The second-order valence-corrected chi connectivity index (χ2v) is 5.26. The molecule has 1 aromatic carbocycles. The molecule has 1 heterocycles. The minimum atomic E-state index is -4.54. The summed E-state index contributed by atoms with van der Waals surface area (Å²) in [5, 5.41) is 19.2. The highest BCUT2D eigenvalue weighted by molar-refractivity contribution is 5.84. The van der Waals surface area contributed by atoms with Crippen LogP contribution < -0.4 is 10.6 Å². The number of β-amino-alcohol motifs (C(OH)–C–C–N with tert-alkyl or cyclic N) is 1. The molecule has 118 valence electrons. The van der Waals surface area contributed by atoms with Gasteiger partial charge in [0, 0.05) is 6.54 Å². The van der Waals surface area contributed by atoms with Crippen molar-refractivity contribution in [2.45, 2.75) is 24.6 Å². The van der Waals surface area contributed by atoms with Crippen LogP contribution in [-0.2, 0) is 11.0 Å². The van der Waals surface area contributed by atoms with E-state index in [0.29, 0.717) is 13.0 Å². The highest BCUT2D eigenvalue weighted by atomic mass is 19.4. The Bertz CT molecular complexity index is 639. The standard InChI is InChI=1S/C14H14F3N3O2/c15-14(16,17)10-2-3-11(9(6-10)7-18)20-5-1-4-13(22,8-20)12(19)21/h2-3,6,22H,1,4-5,8H2,(H2,19,21)/t13-/m0/s1. The van der Waals surface area contributed by atoms with E-state index in [0.717, 1.165) is 12.1 Å². The monoisotopic (exact) mass is 313 g/mol. The maximum absolute atomic E-state index is 12.7. The molecule has 3 N–H and O–H groups in total. The number of alkyl halides is 3. The fraction of sp³-hybridized carbons (Fsp3) is 0.429. The minimum Gasteiger partial charge on any atom is -0.378 e. The number of hydrogen-bond donors (Lipinski definition) is 2. The van der Waals surface area contributed by atoms with Gasteiger partial charge in [0.2, 0.25) is 0 Å². The molecule has 5 nitrogen and oxygen atoms in total. The topological polar surface area (TPSA) is 90.3 Å². The summed E-state index contributed by atoms with van der Waals surface area (Å²) in [6.07, 6.45) is -3.92. The molecule has 1 amide bonds. The summed E-state index contributed by atoms with van der Waals surface area (Å²) in [6, 6.07) is 4.52. The van der Waals surface area contributed by atoms with Crippen molar-refractivity contribution >= 4 is 11.6 Å². The number of piperidine rings is 1. The van der Waals surface area contributed by atoms with Gasteiger partial charge in [-0.2, -0.15) is 18.4 Å². The molecule has 2 rings (SSSR count). The van der Waals surface area contributed by atoms with E-state index in [9.17, 15) is 23.1 Å². The number of carbonyl (C=O) groups is 1. The van der Waals surface area contributed by atoms with Crippen LogP contribution in [0.1, 0.15) is 24.0 Å². The minimum absolute atomic E-state index is 0.150. The Morgan fingerprint density at radius 1 is 1.45 bits per heavy atom. The normalized spacial score (nSPS) is 22.2. The van der Waals surface area contributed by atoms with Crippen molar-refractivity contribution in [3.63, 3.8) is 0 Å². The Balaban J connectivity index is 2.37. The summed E-state index contributed by atoms with van der Waals surface area (Å²) in [5.41, 5.74) is 2.58. The number of nitrogens with zero attached hydrogens (tertiary/aromatic N) is 2. The number of nitrogens with two attached hydrogens (primary N) is 1. The highest BCUT2D eigenvalue weighted by Crippen LogP contribution is 2.34. The smallest absolute Gasteiger partial charge is 0.378 e. The predicted molar refractivity (Wildman–Crippen MR) is 71.8 cm³/mol. The number of amides is 1. The van der Waals surface area contributed by atoms with E-state index >= 15 is 0 Å². The van der Waals surface area contributed by atoms with Crippen molar-refractivity contribution in [3.05, 3.63) is 29.3 Å². The van der Waals surface area contributed by atoms with E-state index < -0.39 is 23.2 Å². The summed E-state index contributed by atoms with van der Waals surface area (Å²) in [4.78, 5) is 12.8. The van der Waals surface area contributed by atoms with Crippen molar-refractivity contribution in [2.24, 2.45) is 5.73 Å². The van der Waals surface area contributed by atoms with Crippen molar-refractivity contribution in [2.75, 3.05) is 18.0 Å². The van der Waals surface area contributed by atoms with E-state index in [1.807, 2.05) is 0 Å². The third-order valence-corrected chi connectivity index (χ3v) is 3.71.